The van der Waals surface area contributed by atoms with Gasteiger partial charge in [0.1, 0.15) is 12.6 Å². The van der Waals surface area contributed by atoms with Crippen LogP contribution in [0.5, 0.6) is 0 Å². The van der Waals surface area contributed by atoms with Crippen LogP contribution in [0.4, 0.5) is 0 Å². The molecular weight excluding hydrogens is 572 g/mol. The molecule has 1 aliphatic heterocycles. The Bertz CT molecular complexity index is 1310. The molecule has 1 aliphatic rings. The van der Waals surface area contributed by atoms with Crippen LogP contribution in [-0.4, -0.2) is 77.9 Å². The summed E-state index contributed by atoms with van der Waals surface area (Å²) < 4.78 is 5.56. The van der Waals surface area contributed by atoms with Gasteiger partial charge in [-0.05, 0) is 53.2 Å². The number of fused-ring (bicyclic) bond motifs is 1. The van der Waals surface area contributed by atoms with Crippen molar-refractivity contribution in [1.82, 2.24) is 15.1 Å². The summed E-state index contributed by atoms with van der Waals surface area (Å²) in [5.41, 5.74) is 7.68. The Labute approximate surface area is 258 Å². The molecule has 1 heterocycles. The molecule has 226 valence electrons. The van der Waals surface area contributed by atoms with Crippen molar-refractivity contribution in [1.29, 1.82) is 0 Å². The molecule has 0 aliphatic carbocycles. The van der Waals surface area contributed by atoms with Gasteiger partial charge in [0.05, 0.1) is 13.1 Å². The van der Waals surface area contributed by atoms with E-state index in [4.69, 9.17) is 10.5 Å². The molecule has 0 saturated carbocycles. The number of thioether (sulfide) groups is 1. The highest BCUT2D eigenvalue weighted by molar-refractivity contribution is 7.98. The molecule has 3 aromatic carbocycles. The molecule has 0 aromatic heterocycles. The summed E-state index contributed by atoms with van der Waals surface area (Å²) in [4.78, 5) is 42.8. The van der Waals surface area contributed by atoms with Crippen molar-refractivity contribution in [3.63, 3.8) is 0 Å². The highest BCUT2D eigenvalue weighted by atomic mass is 35.5. The Hall–Kier alpha value is -3.11. The van der Waals surface area contributed by atoms with Crippen LogP contribution in [0, 0.1) is 0 Å². The van der Waals surface area contributed by atoms with Crippen LogP contribution in [0.25, 0.3) is 10.8 Å². The number of benzene rings is 3. The number of hydrogen-bond donors (Lipinski definition) is 2. The first-order chi connectivity index (χ1) is 20.0. The minimum Gasteiger partial charge on any atom is -0.459 e. The second-order valence-corrected chi connectivity index (χ2v) is 11.4. The third kappa shape index (κ3) is 9.46. The Morgan fingerprint density at radius 3 is 2.57 bits per heavy atom. The first kappa shape index (κ1) is 33.4. The fourth-order valence-electron chi connectivity index (χ4n) is 5.38. The highest BCUT2D eigenvalue weighted by Crippen LogP contribution is 2.23. The Morgan fingerprint density at radius 1 is 1.07 bits per heavy atom. The zero-order valence-corrected chi connectivity index (χ0v) is 25.7. The number of halogens is 1. The minimum absolute atomic E-state index is 0. The Kier molecular flexibility index (Phi) is 13.6. The number of carbonyl (C=O) groups is 3. The molecule has 1 fully saturated rings. The molecular formula is C32H41ClN4O4S. The second kappa shape index (κ2) is 17.1. The zero-order valence-electron chi connectivity index (χ0n) is 24.1. The summed E-state index contributed by atoms with van der Waals surface area (Å²) in [6.07, 6.45) is 4.22. The standard InChI is InChI=1S/C32H40N4O4S.ClH/c1-41-18-16-29(32(39)40-23-24-9-3-2-4-10-24)34-30(37)22-35(21-27-14-8-17-36(27)31(38)19-33)20-26-13-7-12-25-11-5-6-15-28(25)26;/h2-7,9-13,15,27,29H,8,14,16-23,33H2,1H3,(H,34,37);1H/t27-,29-;/m0./s1. The maximum Gasteiger partial charge on any atom is 0.329 e. The molecule has 3 N–H and O–H groups in total. The number of amides is 2. The molecule has 2 atom stereocenters. The van der Waals surface area contributed by atoms with E-state index in [-0.39, 0.29) is 50.0 Å². The monoisotopic (exact) mass is 612 g/mol. The van der Waals surface area contributed by atoms with E-state index < -0.39 is 12.0 Å². The molecule has 0 unspecified atom stereocenters. The third-order valence-electron chi connectivity index (χ3n) is 7.44. The molecule has 0 spiro atoms. The number of hydrogen-bond acceptors (Lipinski definition) is 7. The number of esters is 1. The van der Waals surface area contributed by atoms with Crippen molar-refractivity contribution < 1.29 is 19.1 Å². The zero-order chi connectivity index (χ0) is 29.0. The van der Waals surface area contributed by atoms with E-state index in [1.165, 1.54) is 0 Å². The predicted octanol–water partition coefficient (Wildman–Crippen LogP) is 3.99. The summed E-state index contributed by atoms with van der Waals surface area (Å²) in [7, 11) is 0. The van der Waals surface area contributed by atoms with Crippen LogP contribution in [0.3, 0.4) is 0 Å². The topological polar surface area (TPSA) is 105 Å². The van der Waals surface area contributed by atoms with Gasteiger partial charge in [-0.2, -0.15) is 11.8 Å². The van der Waals surface area contributed by atoms with E-state index >= 15 is 0 Å². The lowest BCUT2D eigenvalue weighted by Crippen LogP contribution is -2.49. The number of likely N-dealkylation sites (tertiary alicyclic amines) is 1. The summed E-state index contributed by atoms with van der Waals surface area (Å²) in [6, 6.07) is 23.1. The molecule has 0 radical (unpaired) electrons. The number of carbonyl (C=O) groups excluding carboxylic acids is 3. The SMILES string of the molecule is CSCC[C@H](NC(=O)CN(Cc1cccc2ccccc12)C[C@@H]1CCCN1C(=O)CN)C(=O)OCc1ccccc1.Cl. The summed E-state index contributed by atoms with van der Waals surface area (Å²) in [5.74, 6) is -0.0426. The van der Waals surface area contributed by atoms with E-state index in [9.17, 15) is 14.4 Å². The van der Waals surface area contributed by atoms with Gasteiger partial charge in [-0.25, -0.2) is 4.79 Å². The molecule has 42 heavy (non-hydrogen) atoms. The van der Waals surface area contributed by atoms with Gasteiger partial charge in [-0.15, -0.1) is 12.4 Å². The first-order valence-corrected chi connectivity index (χ1v) is 15.5. The summed E-state index contributed by atoms with van der Waals surface area (Å²) in [5, 5.41) is 5.20. The summed E-state index contributed by atoms with van der Waals surface area (Å²) in [6.45, 7) is 1.97. The maximum atomic E-state index is 13.4. The molecule has 8 nitrogen and oxygen atoms in total. The van der Waals surface area contributed by atoms with Gasteiger partial charge in [0, 0.05) is 25.7 Å². The van der Waals surface area contributed by atoms with Gasteiger partial charge in [0.15, 0.2) is 0 Å². The van der Waals surface area contributed by atoms with E-state index in [0.717, 1.165) is 34.7 Å². The first-order valence-electron chi connectivity index (χ1n) is 14.2. The predicted molar refractivity (Wildman–Crippen MR) is 171 cm³/mol. The van der Waals surface area contributed by atoms with Crippen LogP contribution in [0.2, 0.25) is 0 Å². The largest absolute Gasteiger partial charge is 0.459 e. The van der Waals surface area contributed by atoms with E-state index in [0.29, 0.717) is 31.8 Å². The number of nitrogens with one attached hydrogen (secondary N) is 1. The number of nitrogens with two attached hydrogens (primary N) is 1. The lowest BCUT2D eigenvalue weighted by atomic mass is 10.0. The van der Waals surface area contributed by atoms with Crippen LogP contribution in [-0.2, 0) is 32.3 Å². The molecule has 1 saturated heterocycles. The molecule has 2 amide bonds. The molecule has 10 heteroatoms. The van der Waals surface area contributed by atoms with Crippen molar-refractivity contribution in [3.8, 4) is 0 Å². The quantitative estimate of drug-likeness (QED) is 0.265. The van der Waals surface area contributed by atoms with Crippen molar-refractivity contribution in [2.75, 3.05) is 38.2 Å². The van der Waals surface area contributed by atoms with E-state index in [1.54, 1.807) is 11.8 Å². The van der Waals surface area contributed by atoms with Gasteiger partial charge in [-0.3, -0.25) is 14.5 Å². The fraction of sp³-hybridized carbons (Fsp3) is 0.406. The minimum atomic E-state index is -0.736. The smallest absolute Gasteiger partial charge is 0.329 e. The average Bonchev–Trinajstić information content (AvgIpc) is 3.46. The van der Waals surface area contributed by atoms with Gasteiger partial charge in [0.25, 0.3) is 0 Å². The highest BCUT2D eigenvalue weighted by Gasteiger charge is 2.31. The lowest BCUT2D eigenvalue weighted by molar-refractivity contribution is -0.149. The van der Waals surface area contributed by atoms with Crippen molar-refractivity contribution >= 4 is 52.7 Å². The number of rotatable bonds is 14. The van der Waals surface area contributed by atoms with Crippen LogP contribution in [0.15, 0.2) is 72.8 Å². The van der Waals surface area contributed by atoms with Gasteiger partial charge >= 0.3 is 5.97 Å². The fourth-order valence-corrected chi connectivity index (χ4v) is 5.85. The number of nitrogens with zero attached hydrogens (tertiary/aromatic N) is 2. The van der Waals surface area contributed by atoms with Crippen molar-refractivity contribution in [2.24, 2.45) is 5.73 Å². The van der Waals surface area contributed by atoms with Gasteiger partial charge in [-0.1, -0.05) is 72.8 Å². The normalized spacial score (nSPS) is 15.3. The van der Waals surface area contributed by atoms with Crippen molar-refractivity contribution in [2.45, 2.75) is 44.5 Å². The van der Waals surface area contributed by atoms with Crippen LogP contribution < -0.4 is 11.1 Å². The van der Waals surface area contributed by atoms with E-state index in [2.05, 4.69) is 34.5 Å². The molecule has 0 bridgehead atoms. The second-order valence-electron chi connectivity index (χ2n) is 10.4. The maximum absolute atomic E-state index is 13.4. The third-order valence-corrected chi connectivity index (χ3v) is 8.08. The van der Waals surface area contributed by atoms with Crippen molar-refractivity contribution in [3.05, 3.63) is 83.9 Å². The molecule has 4 rings (SSSR count). The molecule has 3 aromatic rings. The summed E-state index contributed by atoms with van der Waals surface area (Å²) >= 11 is 1.61. The van der Waals surface area contributed by atoms with E-state index in [1.807, 2.05) is 59.7 Å². The Balaban J connectivity index is 0.00000484. The average molecular weight is 613 g/mol. The van der Waals surface area contributed by atoms with Crippen LogP contribution >= 0.6 is 24.2 Å². The number of ether oxygens (including phenoxy) is 1. The van der Waals surface area contributed by atoms with Gasteiger partial charge < -0.3 is 20.7 Å². The van der Waals surface area contributed by atoms with Gasteiger partial charge in [0.2, 0.25) is 11.8 Å². The Morgan fingerprint density at radius 2 is 1.81 bits per heavy atom. The lowest BCUT2D eigenvalue weighted by Gasteiger charge is -2.31. The van der Waals surface area contributed by atoms with Crippen LogP contribution in [0.1, 0.15) is 30.4 Å².